The summed E-state index contributed by atoms with van der Waals surface area (Å²) >= 11 is 35.4. The van der Waals surface area contributed by atoms with Crippen molar-refractivity contribution in [1.82, 2.24) is 0 Å². The van der Waals surface area contributed by atoms with Crippen LogP contribution in [-0.2, 0) is 33.5 Å². The van der Waals surface area contributed by atoms with Gasteiger partial charge in [-0.25, -0.2) is 0 Å². The largest absolute Gasteiger partial charge is 0.397 e. The Morgan fingerprint density at radius 1 is 0.459 bits per heavy atom. The molecule has 111 heavy (non-hydrogen) atoms. The number of nitro groups is 2. The number of ether oxygens (including phenoxy) is 1. The standard InChI is InChI=1S/C21H21ClN2O3.C16H13ClN2O2.C15H11ClN2O2.C12H9ClN2O2.C12H11ClN2.C6H3ClFNO2/c1-23-18-12-11-15(22)14-19(18)24(16-8-4-3-5-9-16)21(26)17(20(23)25)10-6-7-13-27-2;1-18-13-8-7-11(17)9-14(13)19(16(21)10-15(18)20)12-5-3-2-4-6-12;16-10-6-7-12-13(8-10)18(11-4-2-1-3-5-11)15(20)9-14(19)17-12;13-9-6-7-12(15(16)17)11(8-9)14-10-4-2-1-3-5-10;13-9-6-7-11(14)12(8-9)15-10-4-2-1-3-5-10;7-4-1-2-6(9(10)11)5(8)3-4/h3-5,8-12,14H,6-7,13H2,1-2H3;2-9H,10H2,1H3;1-8H,9H2,(H,17,19);1-8,14H;1-8,15H,14H2;1-3H/b17-10-;;;;;. The molecule has 0 aliphatic carbocycles. The average Bonchev–Trinajstić information content (AvgIpc) is 1.65. The van der Waals surface area contributed by atoms with E-state index in [9.17, 15) is 53.4 Å². The third-order valence-corrected chi connectivity index (χ3v) is 17.7. The molecule has 3 heterocycles. The molecule has 6 amide bonds. The van der Waals surface area contributed by atoms with Crippen LogP contribution in [0.1, 0.15) is 25.7 Å². The molecule has 5 N–H and O–H groups in total. The minimum Gasteiger partial charge on any atom is -0.397 e. The van der Waals surface area contributed by atoms with Crippen LogP contribution in [0.2, 0.25) is 30.1 Å². The lowest BCUT2D eigenvalue weighted by Gasteiger charge is -2.24. The highest BCUT2D eigenvalue weighted by atomic mass is 35.5. The summed E-state index contributed by atoms with van der Waals surface area (Å²) in [6.45, 7) is 0.570. The molecule has 0 saturated carbocycles. The van der Waals surface area contributed by atoms with Gasteiger partial charge in [0.15, 0.2) is 0 Å². The number of nitrogens with two attached hydrogens (primary N) is 1. The van der Waals surface area contributed by atoms with Crippen LogP contribution in [0, 0.1) is 26.0 Å². The van der Waals surface area contributed by atoms with E-state index in [0.717, 1.165) is 35.6 Å². The summed E-state index contributed by atoms with van der Waals surface area (Å²) in [6.07, 6.45) is 2.64. The Kier molecular flexibility index (Phi) is 29.7. The van der Waals surface area contributed by atoms with Gasteiger partial charge >= 0.3 is 5.69 Å². The van der Waals surface area contributed by atoms with Crippen LogP contribution in [0.5, 0.6) is 0 Å². The minimum absolute atomic E-state index is 0.00162. The molecular weight excluding hydrogens is 1550 g/mol. The number of rotatable bonds is 13. The van der Waals surface area contributed by atoms with E-state index in [1.165, 1.54) is 39.0 Å². The molecule has 3 aliphatic rings. The molecule has 11 aromatic rings. The van der Waals surface area contributed by atoms with Crippen LogP contribution in [0.4, 0.5) is 95.4 Å². The number of likely N-dealkylation sites (N-methyl/N-ethyl adjacent to an activating group) is 1. The number of nitrogen functional groups attached to an aromatic ring is 1. The zero-order valence-electron chi connectivity index (χ0n) is 59.3. The smallest absolute Gasteiger partial charge is 0.304 e. The molecule has 0 unspecified atom stereocenters. The van der Waals surface area contributed by atoms with Crippen LogP contribution >= 0.6 is 69.6 Å². The molecule has 0 aromatic heterocycles. The first-order valence-electron chi connectivity index (χ1n) is 33.6. The fraction of sp³-hybridized carbons (Fsp3) is 0.0976. The number of hydrogen-bond donors (Lipinski definition) is 4. The maximum atomic E-state index is 13.4. The summed E-state index contributed by atoms with van der Waals surface area (Å²) < 4.78 is 17.6. The molecule has 0 bridgehead atoms. The fourth-order valence-corrected chi connectivity index (χ4v) is 12.1. The predicted octanol–water partition coefficient (Wildman–Crippen LogP) is 21.1. The highest BCUT2D eigenvalue weighted by Gasteiger charge is 2.36. The highest BCUT2D eigenvalue weighted by molar-refractivity contribution is 6.35. The van der Waals surface area contributed by atoms with Gasteiger partial charge in [-0.3, -0.25) is 63.7 Å². The van der Waals surface area contributed by atoms with E-state index in [1.807, 2.05) is 158 Å². The van der Waals surface area contributed by atoms with Gasteiger partial charge in [0, 0.05) is 98.5 Å². The number of anilines is 14. The van der Waals surface area contributed by atoms with E-state index in [1.54, 1.807) is 104 Å². The Morgan fingerprint density at radius 2 is 0.865 bits per heavy atom. The van der Waals surface area contributed by atoms with Crippen LogP contribution in [0.25, 0.3) is 0 Å². The summed E-state index contributed by atoms with van der Waals surface area (Å²) in [5.41, 5.74) is 14.8. The van der Waals surface area contributed by atoms with Crippen molar-refractivity contribution in [2.24, 2.45) is 0 Å². The zero-order valence-corrected chi connectivity index (χ0v) is 63.8. The second-order valence-electron chi connectivity index (χ2n) is 24.0. The molecule has 29 heteroatoms. The number of carbonyl (C=O) groups excluding carboxylic acids is 6. The molecule has 0 spiro atoms. The van der Waals surface area contributed by atoms with E-state index >= 15 is 0 Å². The van der Waals surface area contributed by atoms with Crippen molar-refractivity contribution in [3.05, 3.63) is 329 Å². The van der Waals surface area contributed by atoms with E-state index in [4.69, 9.17) is 80.1 Å². The number of para-hydroxylation sites is 5. The second-order valence-corrected chi connectivity index (χ2v) is 26.6. The SMILES string of the molecule is CN1C(=O)CC(=O)N(c2ccccc2)c2cc(Cl)ccc21.COCCC/C=C1/C(=O)N(C)c2ccc(Cl)cc2N(c2ccccc2)C1=O.Nc1ccc(Cl)cc1Nc1ccccc1.O=C1CC(=O)N(c2ccccc2)c2cc(Cl)ccc2N1.O=[N+]([O-])c1ccc(Cl)cc1F.O=[N+]([O-])c1ccc(Cl)cc1Nc1ccccc1. The Labute approximate surface area is 667 Å². The first-order chi connectivity index (χ1) is 53.3. The third-order valence-electron chi connectivity index (χ3n) is 16.3. The molecule has 0 atom stereocenters. The van der Waals surface area contributed by atoms with Gasteiger partial charge < -0.3 is 36.2 Å². The number of benzene rings is 11. The van der Waals surface area contributed by atoms with Crippen LogP contribution in [-0.4, -0.2) is 73.1 Å². The monoisotopic (exact) mass is 1610 g/mol. The first kappa shape index (κ1) is 82.9. The maximum Gasteiger partial charge on any atom is 0.304 e. The van der Waals surface area contributed by atoms with Crippen molar-refractivity contribution < 1.29 is 47.7 Å². The summed E-state index contributed by atoms with van der Waals surface area (Å²) in [6, 6.07) is 75.1. The number of carbonyl (C=O) groups is 6. The number of unbranched alkanes of at least 4 members (excludes halogenated alkanes) is 1. The summed E-state index contributed by atoms with van der Waals surface area (Å²) in [4.78, 5) is 102. The van der Waals surface area contributed by atoms with Gasteiger partial charge in [-0.1, -0.05) is 167 Å². The van der Waals surface area contributed by atoms with Crippen LogP contribution < -0.4 is 46.2 Å². The highest BCUT2D eigenvalue weighted by Crippen LogP contribution is 2.43. The number of nitro benzene ring substituents is 2. The van der Waals surface area contributed by atoms with Crippen molar-refractivity contribution in [2.75, 3.05) is 74.0 Å². The first-order valence-corrected chi connectivity index (χ1v) is 35.9. The Morgan fingerprint density at radius 3 is 1.38 bits per heavy atom. The van der Waals surface area contributed by atoms with Crippen LogP contribution in [0.15, 0.2) is 273 Å². The lowest BCUT2D eigenvalue weighted by atomic mass is 10.1. The van der Waals surface area contributed by atoms with Gasteiger partial charge in [0.25, 0.3) is 17.5 Å². The Hall–Kier alpha value is -12.2. The zero-order chi connectivity index (χ0) is 79.8. The number of nitrogens with one attached hydrogen (secondary N) is 3. The molecule has 0 fully saturated rings. The van der Waals surface area contributed by atoms with Gasteiger partial charge in [-0.15, -0.1) is 0 Å². The van der Waals surface area contributed by atoms with Crippen molar-refractivity contribution in [2.45, 2.75) is 25.7 Å². The summed E-state index contributed by atoms with van der Waals surface area (Å²) in [7, 11) is 4.96. The third kappa shape index (κ3) is 22.5. The van der Waals surface area contributed by atoms with Crippen molar-refractivity contribution in [3.8, 4) is 0 Å². The second kappa shape index (κ2) is 39.8. The number of nitrogens with zero attached hydrogens (tertiary/aromatic N) is 7. The van der Waals surface area contributed by atoms with E-state index in [2.05, 4.69) is 16.0 Å². The molecule has 3 aliphatic heterocycles. The molecule has 14 rings (SSSR count). The molecular formula is C82H68Cl6FN11O11. The van der Waals surface area contributed by atoms with Crippen molar-refractivity contribution in [1.29, 1.82) is 0 Å². The Bertz CT molecular complexity index is 5220. The maximum absolute atomic E-state index is 13.4. The topological polar surface area (TPSA) is 276 Å². The molecule has 0 radical (unpaired) electrons. The van der Waals surface area contributed by atoms with Gasteiger partial charge in [0.2, 0.25) is 29.4 Å². The van der Waals surface area contributed by atoms with E-state index in [0.29, 0.717) is 101 Å². The minimum atomic E-state index is -0.914. The molecule has 11 aromatic carbocycles. The normalized spacial score (nSPS) is 13.1. The number of methoxy groups -OCH3 is 1. The lowest BCUT2D eigenvalue weighted by Crippen LogP contribution is -2.32. The number of halogens is 7. The summed E-state index contributed by atoms with van der Waals surface area (Å²) in [5.74, 6) is -2.72. The predicted molar refractivity (Wildman–Crippen MR) is 440 cm³/mol. The van der Waals surface area contributed by atoms with Crippen molar-refractivity contribution >= 4 is 196 Å². The number of allylic oxidation sites excluding steroid dienone is 1. The van der Waals surface area contributed by atoms with Gasteiger partial charge in [0.05, 0.1) is 55.3 Å². The number of fused-ring (bicyclic) bond motifs is 3. The molecule has 566 valence electrons. The lowest BCUT2D eigenvalue weighted by molar-refractivity contribution is -0.387. The van der Waals surface area contributed by atoms with Gasteiger partial charge in [-0.2, -0.15) is 4.39 Å². The number of hydrogen-bond acceptors (Lipinski definition) is 14. The Balaban J connectivity index is 0.000000156. The fourth-order valence-electron chi connectivity index (χ4n) is 11.1. The van der Waals surface area contributed by atoms with E-state index < -0.39 is 21.4 Å². The average molecular weight is 1620 g/mol. The quantitative estimate of drug-likeness (QED) is 0.0159. The van der Waals surface area contributed by atoms with E-state index in [-0.39, 0.29) is 64.6 Å². The van der Waals surface area contributed by atoms with Crippen LogP contribution in [0.3, 0.4) is 0 Å². The molecule has 22 nitrogen and oxygen atoms in total. The van der Waals surface area contributed by atoms with Gasteiger partial charge in [0.1, 0.15) is 24.1 Å². The van der Waals surface area contributed by atoms with Crippen molar-refractivity contribution in [3.63, 3.8) is 0 Å². The van der Waals surface area contributed by atoms with Gasteiger partial charge in [-0.05, 0) is 171 Å². The number of amides is 6. The summed E-state index contributed by atoms with van der Waals surface area (Å²) in [5, 5.41) is 32.6. The molecule has 0 saturated heterocycles.